The summed E-state index contributed by atoms with van der Waals surface area (Å²) in [4.78, 5) is 0. The minimum atomic E-state index is -4.99. The Morgan fingerprint density at radius 2 is 1.70 bits per heavy atom. The van der Waals surface area contributed by atoms with Crippen molar-refractivity contribution in [2.24, 2.45) is 0 Å². The highest BCUT2D eigenvalue weighted by Gasteiger charge is 2.24. The van der Waals surface area contributed by atoms with Crippen molar-refractivity contribution >= 4 is 35.6 Å². The summed E-state index contributed by atoms with van der Waals surface area (Å²) in [5.41, 5.74) is 0. The van der Waals surface area contributed by atoms with Crippen molar-refractivity contribution in [3.05, 3.63) is 0 Å². The van der Waals surface area contributed by atoms with Crippen molar-refractivity contribution in [3.63, 3.8) is 0 Å². The summed E-state index contributed by atoms with van der Waals surface area (Å²) in [6.07, 6.45) is 0. The van der Waals surface area contributed by atoms with Crippen LogP contribution in [0.1, 0.15) is 0 Å². The van der Waals surface area contributed by atoms with E-state index in [-0.39, 0.29) is 0 Å². The highest BCUT2D eigenvalue weighted by atomic mass is 33.2. The third kappa shape index (κ3) is 2.29. The fourth-order valence-corrected chi connectivity index (χ4v) is 2.02. The van der Waals surface area contributed by atoms with Gasteiger partial charge < -0.3 is 0 Å². The summed E-state index contributed by atoms with van der Waals surface area (Å²) in [6.45, 7) is 0. The van der Waals surface area contributed by atoms with Crippen LogP contribution in [-0.4, -0.2) is 32.5 Å². The minimum absolute atomic E-state index is 0.711. The minimum Gasteiger partial charge on any atom is -0.274 e. The molecule has 0 amide bonds. The van der Waals surface area contributed by atoms with Gasteiger partial charge in [0.05, 0.1) is 5.75 Å². The standard InChI is InChI=1S/C2H4O5S3/c3-9(4,2-1-8)10(5,6)7/h1H,2H2,(H,5,6,7). The maximum atomic E-state index is 10.3. The van der Waals surface area contributed by atoms with E-state index in [0.29, 0.717) is 5.37 Å². The van der Waals surface area contributed by atoms with E-state index in [2.05, 4.69) is 12.2 Å². The Balaban J connectivity index is 4.98. The molecule has 0 rings (SSSR count). The lowest BCUT2D eigenvalue weighted by atomic mass is 11.0. The molecule has 0 aliphatic heterocycles. The zero-order valence-corrected chi connectivity index (χ0v) is 7.04. The maximum absolute atomic E-state index is 10.3. The van der Waals surface area contributed by atoms with E-state index in [1.165, 1.54) is 0 Å². The summed E-state index contributed by atoms with van der Waals surface area (Å²) in [5.74, 6) is -0.846. The SMILES string of the molecule is O=S(=O)(O)S(=O)(=O)CC=S. The van der Waals surface area contributed by atoms with E-state index in [1.54, 1.807) is 0 Å². The van der Waals surface area contributed by atoms with Crippen molar-refractivity contribution in [3.8, 4) is 0 Å². The van der Waals surface area contributed by atoms with Crippen LogP contribution in [0.25, 0.3) is 0 Å². The largest absolute Gasteiger partial charge is 0.373 e. The molecule has 0 saturated carbocycles. The van der Waals surface area contributed by atoms with Crippen molar-refractivity contribution in [2.75, 3.05) is 5.75 Å². The van der Waals surface area contributed by atoms with Gasteiger partial charge in [0.15, 0.2) is 0 Å². The van der Waals surface area contributed by atoms with Crippen LogP contribution in [0.5, 0.6) is 0 Å². The second-order valence-corrected chi connectivity index (χ2v) is 6.74. The first-order valence-corrected chi connectivity index (χ1v) is 6.03. The fourth-order valence-electron chi connectivity index (χ4n) is 0.169. The maximum Gasteiger partial charge on any atom is 0.373 e. The molecule has 0 saturated heterocycles. The summed E-state index contributed by atoms with van der Waals surface area (Å²) in [5, 5.41) is 0.711. The Morgan fingerprint density at radius 3 is 1.80 bits per heavy atom. The van der Waals surface area contributed by atoms with E-state index in [4.69, 9.17) is 4.55 Å². The lowest BCUT2D eigenvalue weighted by Gasteiger charge is -1.92. The number of hydrogen-bond acceptors (Lipinski definition) is 5. The molecule has 0 unspecified atom stereocenters. The van der Waals surface area contributed by atoms with Crippen molar-refractivity contribution in [1.29, 1.82) is 0 Å². The summed E-state index contributed by atoms with van der Waals surface area (Å²) in [6, 6.07) is 0. The van der Waals surface area contributed by atoms with E-state index >= 15 is 0 Å². The molecule has 0 aromatic heterocycles. The molecule has 0 fully saturated rings. The third-order valence-electron chi connectivity index (χ3n) is 0.593. The van der Waals surface area contributed by atoms with Gasteiger partial charge in [-0.15, -0.1) is 0 Å². The average Bonchev–Trinajstić information content (AvgIpc) is 1.61. The fraction of sp³-hybridized carbons (Fsp3) is 0.500. The van der Waals surface area contributed by atoms with Crippen LogP contribution < -0.4 is 0 Å². The summed E-state index contributed by atoms with van der Waals surface area (Å²) >= 11 is 4.09. The lowest BCUT2D eigenvalue weighted by molar-refractivity contribution is 0.493. The van der Waals surface area contributed by atoms with E-state index in [1.807, 2.05) is 0 Å². The Morgan fingerprint density at radius 1 is 1.30 bits per heavy atom. The van der Waals surface area contributed by atoms with Crippen LogP contribution in [0.2, 0.25) is 0 Å². The van der Waals surface area contributed by atoms with Gasteiger partial charge in [-0.2, -0.15) is 8.42 Å². The van der Waals surface area contributed by atoms with E-state index in [9.17, 15) is 16.8 Å². The molecule has 5 nitrogen and oxygen atoms in total. The molecule has 0 bridgehead atoms. The van der Waals surface area contributed by atoms with Crippen LogP contribution in [0.4, 0.5) is 0 Å². The lowest BCUT2D eigenvalue weighted by Crippen LogP contribution is -2.17. The van der Waals surface area contributed by atoms with Crippen LogP contribution in [-0.2, 0) is 18.0 Å². The number of rotatable bonds is 3. The molecule has 0 heterocycles. The normalized spacial score (nSPS) is 12.9. The Labute approximate surface area is 63.1 Å². The Bertz CT molecular complexity index is 307. The smallest absolute Gasteiger partial charge is 0.274 e. The first kappa shape index (κ1) is 9.95. The molecule has 0 radical (unpaired) electrons. The van der Waals surface area contributed by atoms with Gasteiger partial charge in [-0.05, 0) is 5.37 Å². The van der Waals surface area contributed by atoms with Crippen molar-refractivity contribution in [2.45, 2.75) is 0 Å². The first-order chi connectivity index (χ1) is 4.31. The highest BCUT2D eigenvalue weighted by Crippen LogP contribution is 1.97. The molecule has 0 aliphatic carbocycles. The molecule has 0 atom stereocenters. The first-order valence-electron chi connectivity index (χ1n) is 1.95. The molecule has 0 aliphatic rings. The van der Waals surface area contributed by atoms with Crippen LogP contribution in [0.3, 0.4) is 0 Å². The van der Waals surface area contributed by atoms with Gasteiger partial charge in [0, 0.05) is 0 Å². The van der Waals surface area contributed by atoms with Gasteiger partial charge in [0.25, 0.3) is 8.87 Å². The summed E-state index contributed by atoms with van der Waals surface area (Å²) in [7, 11) is -9.47. The zero-order valence-electron chi connectivity index (χ0n) is 4.59. The molecular formula is C2H4O5S3. The molecule has 60 valence electrons. The topological polar surface area (TPSA) is 88.5 Å². The Hall–Kier alpha value is -0.0500. The molecule has 1 N–H and O–H groups in total. The predicted octanol–water partition coefficient (Wildman–Crippen LogP) is -0.796. The summed E-state index contributed by atoms with van der Waals surface area (Å²) < 4.78 is 48.5. The molecule has 0 aromatic rings. The van der Waals surface area contributed by atoms with E-state index < -0.39 is 23.8 Å². The van der Waals surface area contributed by atoms with Crippen LogP contribution in [0.15, 0.2) is 0 Å². The van der Waals surface area contributed by atoms with Gasteiger partial charge in [-0.3, -0.25) is 4.55 Å². The quantitative estimate of drug-likeness (QED) is 0.368. The van der Waals surface area contributed by atoms with E-state index in [0.717, 1.165) is 0 Å². The number of hydrogen-bond donors (Lipinski definition) is 1. The van der Waals surface area contributed by atoms with Crippen molar-refractivity contribution < 1.29 is 21.4 Å². The second-order valence-electron chi connectivity index (χ2n) is 1.32. The monoisotopic (exact) mass is 204 g/mol. The molecule has 0 aromatic carbocycles. The van der Waals surface area contributed by atoms with Crippen molar-refractivity contribution in [1.82, 2.24) is 0 Å². The van der Waals surface area contributed by atoms with Gasteiger partial charge >= 0.3 is 9.15 Å². The van der Waals surface area contributed by atoms with Gasteiger partial charge in [0.1, 0.15) is 0 Å². The van der Waals surface area contributed by atoms with Crippen LogP contribution >= 0.6 is 12.2 Å². The van der Waals surface area contributed by atoms with Gasteiger partial charge in [-0.25, -0.2) is 8.42 Å². The second kappa shape index (κ2) is 2.91. The van der Waals surface area contributed by atoms with Gasteiger partial charge in [0.2, 0.25) is 0 Å². The third-order valence-corrected chi connectivity index (χ3v) is 4.52. The molecule has 8 heteroatoms. The molecule has 0 spiro atoms. The van der Waals surface area contributed by atoms with Crippen LogP contribution in [0, 0.1) is 0 Å². The Kier molecular flexibility index (Phi) is 2.89. The predicted molar refractivity (Wildman–Crippen MR) is 39.0 cm³/mol. The molecular weight excluding hydrogens is 200 g/mol. The van der Waals surface area contributed by atoms with Gasteiger partial charge in [-0.1, -0.05) is 12.2 Å². The molecule has 10 heavy (non-hydrogen) atoms. The highest BCUT2D eigenvalue weighted by molar-refractivity contribution is 8.65. The number of thiocarbonyl (C=S) groups is 1. The average molecular weight is 204 g/mol. The zero-order chi connectivity index (χ0) is 8.41.